The van der Waals surface area contributed by atoms with E-state index in [0.717, 1.165) is 25.8 Å². The molecule has 0 radical (unpaired) electrons. The first-order chi connectivity index (χ1) is 12.9. The number of piperidine rings is 1. The summed E-state index contributed by atoms with van der Waals surface area (Å²) in [6, 6.07) is 5.07. The molecule has 3 N–H and O–H groups in total. The van der Waals surface area contributed by atoms with Crippen LogP contribution in [0.15, 0.2) is 23.1 Å². The van der Waals surface area contributed by atoms with Gasteiger partial charge in [-0.3, -0.25) is 4.79 Å². The van der Waals surface area contributed by atoms with E-state index >= 15 is 0 Å². The van der Waals surface area contributed by atoms with Crippen LogP contribution in [-0.4, -0.2) is 46.0 Å². The van der Waals surface area contributed by atoms with E-state index in [1.54, 1.807) is 11.0 Å². The SMILES string of the molecule is C[C@H]1CCCC[NH+]1CCCNC(=O)c1ccc(Cl)c(S(=O)(=O)NC2CC2)c1. The first kappa shape index (κ1) is 20.6. The van der Waals surface area contributed by atoms with Crippen LogP contribution < -0.4 is 14.9 Å². The Balaban J connectivity index is 1.54. The highest BCUT2D eigenvalue weighted by Gasteiger charge is 2.29. The second-order valence-electron chi connectivity index (χ2n) is 7.71. The van der Waals surface area contributed by atoms with Gasteiger partial charge in [0.25, 0.3) is 5.91 Å². The Morgan fingerprint density at radius 1 is 1.26 bits per heavy atom. The lowest BCUT2D eigenvalue weighted by atomic mass is 10.0. The van der Waals surface area contributed by atoms with Crippen LogP contribution in [-0.2, 0) is 10.0 Å². The van der Waals surface area contributed by atoms with Gasteiger partial charge in [-0.1, -0.05) is 11.6 Å². The van der Waals surface area contributed by atoms with Crippen molar-refractivity contribution in [1.82, 2.24) is 10.0 Å². The number of halogens is 1. The molecule has 0 spiro atoms. The average Bonchev–Trinajstić information content (AvgIpc) is 3.43. The van der Waals surface area contributed by atoms with E-state index in [-0.39, 0.29) is 21.9 Å². The van der Waals surface area contributed by atoms with Gasteiger partial charge in [0, 0.05) is 24.6 Å². The third-order valence-electron chi connectivity index (χ3n) is 5.42. The number of sulfonamides is 1. The molecular weight excluding hydrogens is 386 g/mol. The molecule has 2 atom stereocenters. The Hall–Kier alpha value is -1.15. The van der Waals surface area contributed by atoms with Crippen LogP contribution in [0.5, 0.6) is 0 Å². The standard InChI is InChI=1S/C19H28ClN3O3S/c1-14-5-2-3-11-23(14)12-4-10-21-19(24)15-6-9-17(20)18(13-15)27(25,26)22-16-7-8-16/h6,9,13-14,16,22H,2-5,7-8,10-12H2,1H3,(H,21,24)/p+1/t14-/m0/s1. The molecule has 8 heteroatoms. The first-order valence-corrected chi connectivity index (χ1v) is 11.7. The fourth-order valence-corrected chi connectivity index (χ4v) is 5.41. The number of carbonyl (C=O) groups is 1. The number of likely N-dealkylation sites (tertiary alicyclic amines) is 1. The molecule has 27 heavy (non-hydrogen) atoms. The maximum Gasteiger partial charge on any atom is 0.251 e. The molecule has 1 saturated heterocycles. The van der Waals surface area contributed by atoms with Crippen LogP contribution in [0.2, 0.25) is 5.02 Å². The molecular formula is C19H29ClN3O3S+. The number of hydrogen-bond donors (Lipinski definition) is 3. The zero-order valence-corrected chi connectivity index (χ0v) is 17.3. The van der Waals surface area contributed by atoms with Crippen molar-refractivity contribution in [1.29, 1.82) is 0 Å². The predicted octanol–water partition coefficient (Wildman–Crippen LogP) is 1.36. The summed E-state index contributed by atoms with van der Waals surface area (Å²) in [5.41, 5.74) is 0.314. The highest BCUT2D eigenvalue weighted by Crippen LogP contribution is 2.26. The van der Waals surface area contributed by atoms with Gasteiger partial charge in [0.05, 0.1) is 24.2 Å². The van der Waals surface area contributed by atoms with Crippen molar-refractivity contribution >= 4 is 27.5 Å². The second kappa shape index (κ2) is 8.90. The molecule has 2 aliphatic rings. The number of amides is 1. The Morgan fingerprint density at radius 3 is 2.74 bits per heavy atom. The minimum absolute atomic E-state index is 0.0109. The lowest BCUT2D eigenvalue weighted by Gasteiger charge is -2.30. The topological polar surface area (TPSA) is 79.7 Å². The van der Waals surface area contributed by atoms with Crippen LogP contribution in [0.1, 0.15) is 55.8 Å². The molecule has 1 aliphatic carbocycles. The minimum atomic E-state index is -3.69. The summed E-state index contributed by atoms with van der Waals surface area (Å²) < 4.78 is 27.4. The normalized spacial score (nSPS) is 23.2. The zero-order valence-electron chi connectivity index (χ0n) is 15.8. The molecule has 1 unspecified atom stereocenters. The smallest absolute Gasteiger partial charge is 0.251 e. The van der Waals surface area contributed by atoms with Crippen LogP contribution in [0, 0.1) is 0 Å². The third-order valence-corrected chi connectivity index (χ3v) is 7.43. The van der Waals surface area contributed by atoms with Crippen molar-refractivity contribution in [2.24, 2.45) is 0 Å². The van der Waals surface area contributed by atoms with E-state index in [1.165, 1.54) is 37.9 Å². The number of nitrogens with one attached hydrogen (secondary N) is 3. The summed E-state index contributed by atoms with van der Waals surface area (Å²) in [5.74, 6) is -0.267. The number of benzene rings is 1. The molecule has 1 aromatic carbocycles. The predicted molar refractivity (Wildman–Crippen MR) is 106 cm³/mol. The van der Waals surface area contributed by atoms with Crippen LogP contribution >= 0.6 is 11.6 Å². The van der Waals surface area contributed by atoms with E-state index in [9.17, 15) is 13.2 Å². The van der Waals surface area contributed by atoms with Crippen molar-refractivity contribution in [3.8, 4) is 0 Å². The van der Waals surface area contributed by atoms with Gasteiger partial charge in [0.1, 0.15) is 4.90 Å². The fourth-order valence-electron chi connectivity index (χ4n) is 3.58. The number of rotatable bonds is 8. The fraction of sp³-hybridized carbons (Fsp3) is 0.632. The Morgan fingerprint density at radius 2 is 2.04 bits per heavy atom. The van der Waals surface area contributed by atoms with E-state index in [4.69, 9.17) is 11.6 Å². The van der Waals surface area contributed by atoms with Crippen molar-refractivity contribution in [2.45, 2.75) is 62.4 Å². The highest BCUT2D eigenvalue weighted by molar-refractivity contribution is 7.89. The number of carbonyl (C=O) groups excluding carboxylic acids is 1. The minimum Gasteiger partial charge on any atom is -0.352 e. The molecule has 0 aromatic heterocycles. The highest BCUT2D eigenvalue weighted by atomic mass is 35.5. The summed E-state index contributed by atoms with van der Waals surface area (Å²) in [4.78, 5) is 14.0. The van der Waals surface area contributed by atoms with Crippen LogP contribution in [0.25, 0.3) is 0 Å². The Labute approximate surface area is 166 Å². The van der Waals surface area contributed by atoms with Gasteiger partial charge in [-0.25, -0.2) is 13.1 Å². The molecule has 3 rings (SSSR count). The maximum atomic E-state index is 12.4. The summed E-state index contributed by atoms with van der Waals surface area (Å²) in [6.07, 6.45) is 6.47. The zero-order chi connectivity index (χ0) is 19.4. The van der Waals surface area contributed by atoms with Gasteiger partial charge >= 0.3 is 0 Å². The van der Waals surface area contributed by atoms with Crippen molar-refractivity contribution < 1.29 is 18.1 Å². The van der Waals surface area contributed by atoms with E-state index in [1.807, 2.05) is 0 Å². The van der Waals surface area contributed by atoms with Crippen LogP contribution in [0.4, 0.5) is 0 Å². The van der Waals surface area contributed by atoms with Gasteiger partial charge in [0.15, 0.2) is 0 Å². The van der Waals surface area contributed by atoms with Gasteiger partial charge in [-0.05, 0) is 57.2 Å². The molecule has 150 valence electrons. The van der Waals surface area contributed by atoms with Gasteiger partial charge in [0.2, 0.25) is 10.0 Å². The summed E-state index contributed by atoms with van der Waals surface area (Å²) >= 11 is 6.06. The summed E-state index contributed by atoms with van der Waals surface area (Å²) in [6.45, 7) is 5.13. The molecule has 1 saturated carbocycles. The molecule has 2 fully saturated rings. The molecule has 6 nitrogen and oxygen atoms in total. The lowest BCUT2D eigenvalue weighted by molar-refractivity contribution is -0.928. The van der Waals surface area contributed by atoms with Crippen molar-refractivity contribution in [2.75, 3.05) is 19.6 Å². The summed E-state index contributed by atoms with van der Waals surface area (Å²) in [7, 11) is -3.69. The Kier molecular flexibility index (Phi) is 6.78. The lowest BCUT2D eigenvalue weighted by Crippen LogP contribution is -3.16. The monoisotopic (exact) mass is 414 g/mol. The van der Waals surface area contributed by atoms with Crippen LogP contribution in [0.3, 0.4) is 0 Å². The van der Waals surface area contributed by atoms with Gasteiger partial charge in [-0.15, -0.1) is 0 Å². The molecule has 1 amide bonds. The van der Waals surface area contributed by atoms with Gasteiger partial charge in [-0.2, -0.15) is 0 Å². The first-order valence-electron chi connectivity index (χ1n) is 9.81. The van der Waals surface area contributed by atoms with Crippen molar-refractivity contribution in [3.05, 3.63) is 28.8 Å². The molecule has 1 heterocycles. The molecule has 0 bridgehead atoms. The van der Waals surface area contributed by atoms with Gasteiger partial charge < -0.3 is 10.2 Å². The number of quaternary nitrogens is 1. The Bertz CT molecular complexity index is 780. The quantitative estimate of drug-likeness (QED) is 0.562. The largest absolute Gasteiger partial charge is 0.352 e. The number of hydrogen-bond acceptors (Lipinski definition) is 3. The molecule has 1 aromatic rings. The second-order valence-corrected chi connectivity index (χ2v) is 9.79. The maximum absolute atomic E-state index is 12.4. The van der Waals surface area contributed by atoms with Crippen molar-refractivity contribution in [3.63, 3.8) is 0 Å². The van der Waals surface area contributed by atoms with E-state index in [2.05, 4.69) is 17.0 Å². The van der Waals surface area contributed by atoms with E-state index < -0.39 is 10.0 Å². The summed E-state index contributed by atoms with van der Waals surface area (Å²) in [5, 5.41) is 3.02. The average molecular weight is 415 g/mol. The van der Waals surface area contributed by atoms with E-state index in [0.29, 0.717) is 18.2 Å². The third kappa shape index (κ3) is 5.67. The molecule has 1 aliphatic heterocycles.